The van der Waals surface area contributed by atoms with Crippen molar-refractivity contribution in [1.82, 2.24) is 4.90 Å². The number of nitrogens with two attached hydrogens (primary N) is 1. The predicted molar refractivity (Wildman–Crippen MR) is 82.1 cm³/mol. The second-order valence-corrected chi connectivity index (χ2v) is 5.76. The van der Waals surface area contributed by atoms with E-state index in [9.17, 15) is 9.59 Å². The maximum absolute atomic E-state index is 12.3. The summed E-state index contributed by atoms with van der Waals surface area (Å²) in [5.41, 5.74) is 5.33. The van der Waals surface area contributed by atoms with Gasteiger partial charge in [-0.05, 0) is 12.1 Å². The molecule has 0 saturated carbocycles. The van der Waals surface area contributed by atoms with Crippen LogP contribution < -0.4 is 10.5 Å². The molecule has 8 heteroatoms. The van der Waals surface area contributed by atoms with Gasteiger partial charge in [0.15, 0.2) is 6.61 Å². The number of methoxy groups -OCH3 is 1. The molecule has 0 spiro atoms. The van der Waals surface area contributed by atoms with E-state index in [-0.39, 0.29) is 18.6 Å². The molecule has 1 aliphatic rings. The van der Waals surface area contributed by atoms with E-state index in [1.165, 1.54) is 18.1 Å². The van der Waals surface area contributed by atoms with Crippen LogP contribution >= 0.6 is 23.2 Å². The summed E-state index contributed by atoms with van der Waals surface area (Å²) in [5, 5.41) is 0.794. The molecule has 1 aromatic rings. The van der Waals surface area contributed by atoms with Gasteiger partial charge in [0.05, 0.1) is 11.1 Å². The van der Waals surface area contributed by atoms with Crippen LogP contribution in [0.5, 0.6) is 5.75 Å². The van der Waals surface area contributed by atoms with Crippen LogP contribution in [0, 0.1) is 0 Å². The number of hydrogen-bond acceptors (Lipinski definition) is 4. The Labute approximate surface area is 138 Å². The SMILES string of the molecule is CO[C@H]1C[C@@H](C(N)=O)N(C(=O)COc2cc(Cl)ccc2Cl)C1. The lowest BCUT2D eigenvalue weighted by Crippen LogP contribution is -2.45. The van der Waals surface area contributed by atoms with Gasteiger partial charge in [-0.3, -0.25) is 9.59 Å². The first-order valence-corrected chi connectivity index (χ1v) is 7.37. The zero-order valence-electron chi connectivity index (χ0n) is 11.9. The minimum atomic E-state index is -0.684. The van der Waals surface area contributed by atoms with Crippen molar-refractivity contribution in [1.29, 1.82) is 0 Å². The highest BCUT2D eigenvalue weighted by atomic mass is 35.5. The van der Waals surface area contributed by atoms with Gasteiger partial charge in [0, 0.05) is 31.2 Å². The molecular formula is C14H16Cl2N2O4. The summed E-state index contributed by atoms with van der Waals surface area (Å²) >= 11 is 11.8. The molecule has 2 amide bonds. The third-order valence-corrected chi connectivity index (χ3v) is 4.04. The Bertz CT molecular complexity index is 582. The summed E-state index contributed by atoms with van der Waals surface area (Å²) in [6.45, 7) is 0.0376. The Morgan fingerprint density at radius 3 is 2.77 bits per heavy atom. The molecule has 1 heterocycles. The fourth-order valence-electron chi connectivity index (χ4n) is 2.32. The van der Waals surface area contributed by atoms with E-state index in [4.69, 9.17) is 38.4 Å². The number of carbonyl (C=O) groups is 2. The Morgan fingerprint density at radius 1 is 1.41 bits per heavy atom. The maximum atomic E-state index is 12.3. The number of halogens is 2. The van der Waals surface area contributed by atoms with Crippen molar-refractivity contribution in [3.05, 3.63) is 28.2 Å². The van der Waals surface area contributed by atoms with Crippen molar-refractivity contribution < 1.29 is 19.1 Å². The third-order valence-electron chi connectivity index (χ3n) is 3.49. The summed E-state index contributed by atoms with van der Waals surface area (Å²) in [6, 6.07) is 4.03. The van der Waals surface area contributed by atoms with Crippen molar-refractivity contribution in [3.8, 4) is 5.75 Å². The number of amides is 2. The number of ether oxygens (including phenoxy) is 2. The Balaban J connectivity index is 2.02. The monoisotopic (exact) mass is 346 g/mol. The molecule has 0 aromatic heterocycles. The first kappa shape index (κ1) is 16.9. The minimum Gasteiger partial charge on any atom is -0.482 e. The Hall–Kier alpha value is -1.50. The molecule has 2 rings (SSSR count). The predicted octanol–water partition coefficient (Wildman–Crippen LogP) is 1.47. The van der Waals surface area contributed by atoms with Gasteiger partial charge < -0.3 is 20.1 Å². The number of rotatable bonds is 5. The van der Waals surface area contributed by atoms with Crippen molar-refractivity contribution >= 4 is 35.0 Å². The van der Waals surface area contributed by atoms with Gasteiger partial charge in [-0.25, -0.2) is 0 Å². The number of nitrogens with zero attached hydrogens (tertiary/aromatic N) is 1. The van der Waals surface area contributed by atoms with Crippen molar-refractivity contribution in [2.24, 2.45) is 5.73 Å². The number of primary amides is 1. The molecule has 2 atom stereocenters. The molecule has 2 N–H and O–H groups in total. The quantitative estimate of drug-likeness (QED) is 0.875. The average molecular weight is 347 g/mol. The maximum Gasteiger partial charge on any atom is 0.261 e. The number of hydrogen-bond donors (Lipinski definition) is 1. The summed E-state index contributed by atoms with van der Waals surface area (Å²) < 4.78 is 10.6. The van der Waals surface area contributed by atoms with E-state index in [1.807, 2.05) is 0 Å². The topological polar surface area (TPSA) is 81.9 Å². The van der Waals surface area contributed by atoms with E-state index < -0.39 is 11.9 Å². The number of carbonyl (C=O) groups excluding carboxylic acids is 2. The normalized spacial score (nSPS) is 21.0. The highest BCUT2D eigenvalue weighted by Gasteiger charge is 2.38. The van der Waals surface area contributed by atoms with E-state index in [0.29, 0.717) is 28.8 Å². The second kappa shape index (κ2) is 7.17. The van der Waals surface area contributed by atoms with Gasteiger partial charge in [-0.2, -0.15) is 0 Å². The van der Waals surface area contributed by atoms with Crippen LogP contribution in [0.2, 0.25) is 10.0 Å². The molecule has 0 aliphatic carbocycles. The van der Waals surface area contributed by atoms with Crippen LogP contribution in [0.4, 0.5) is 0 Å². The van der Waals surface area contributed by atoms with Crippen LogP contribution in [-0.2, 0) is 14.3 Å². The first-order chi connectivity index (χ1) is 10.4. The van der Waals surface area contributed by atoms with Crippen LogP contribution in [0.25, 0.3) is 0 Å². The lowest BCUT2D eigenvalue weighted by molar-refractivity contribution is -0.139. The second-order valence-electron chi connectivity index (χ2n) is 4.92. The zero-order valence-corrected chi connectivity index (χ0v) is 13.4. The molecule has 0 unspecified atom stereocenters. The third kappa shape index (κ3) is 3.82. The van der Waals surface area contributed by atoms with E-state index in [0.717, 1.165) is 0 Å². The Morgan fingerprint density at radius 2 is 2.14 bits per heavy atom. The molecule has 1 aromatic carbocycles. The Kier molecular flexibility index (Phi) is 5.50. The van der Waals surface area contributed by atoms with Crippen LogP contribution in [0.15, 0.2) is 18.2 Å². The molecular weight excluding hydrogens is 331 g/mol. The van der Waals surface area contributed by atoms with Crippen molar-refractivity contribution in [3.63, 3.8) is 0 Å². The number of benzene rings is 1. The fraction of sp³-hybridized carbons (Fsp3) is 0.429. The van der Waals surface area contributed by atoms with E-state index >= 15 is 0 Å². The highest BCUT2D eigenvalue weighted by Crippen LogP contribution is 2.28. The molecule has 22 heavy (non-hydrogen) atoms. The zero-order chi connectivity index (χ0) is 16.3. The first-order valence-electron chi connectivity index (χ1n) is 6.61. The van der Waals surface area contributed by atoms with Gasteiger partial charge in [-0.1, -0.05) is 23.2 Å². The van der Waals surface area contributed by atoms with Gasteiger partial charge in [-0.15, -0.1) is 0 Å². The smallest absolute Gasteiger partial charge is 0.261 e. The molecule has 120 valence electrons. The van der Waals surface area contributed by atoms with E-state index in [2.05, 4.69) is 0 Å². The fourth-order valence-corrected chi connectivity index (χ4v) is 2.66. The summed E-state index contributed by atoms with van der Waals surface area (Å²) in [5.74, 6) is -0.617. The van der Waals surface area contributed by atoms with Gasteiger partial charge in [0.25, 0.3) is 5.91 Å². The highest BCUT2D eigenvalue weighted by molar-refractivity contribution is 6.34. The van der Waals surface area contributed by atoms with Gasteiger partial charge >= 0.3 is 0 Å². The van der Waals surface area contributed by atoms with Crippen LogP contribution in [0.3, 0.4) is 0 Å². The number of likely N-dealkylation sites (tertiary alicyclic amines) is 1. The lowest BCUT2D eigenvalue weighted by Gasteiger charge is -2.22. The molecule has 1 aliphatic heterocycles. The largest absolute Gasteiger partial charge is 0.482 e. The van der Waals surface area contributed by atoms with Crippen molar-refractivity contribution in [2.45, 2.75) is 18.6 Å². The molecule has 1 fully saturated rings. The van der Waals surface area contributed by atoms with E-state index in [1.54, 1.807) is 12.1 Å². The average Bonchev–Trinajstić information content (AvgIpc) is 2.92. The van der Waals surface area contributed by atoms with Crippen LogP contribution in [0.1, 0.15) is 6.42 Å². The standard InChI is InChI=1S/C14H16Cl2N2O4/c1-21-9-5-11(14(17)20)18(6-9)13(19)7-22-12-4-8(15)2-3-10(12)16/h2-4,9,11H,5-7H2,1H3,(H2,17,20)/t9-,11-/m0/s1. The summed E-state index contributed by atoms with van der Waals surface area (Å²) in [6.07, 6.45) is 0.173. The minimum absolute atomic E-state index is 0.212. The van der Waals surface area contributed by atoms with Crippen LogP contribution in [-0.4, -0.2) is 49.1 Å². The summed E-state index contributed by atoms with van der Waals surface area (Å²) in [4.78, 5) is 25.1. The molecule has 6 nitrogen and oxygen atoms in total. The summed E-state index contributed by atoms with van der Waals surface area (Å²) in [7, 11) is 1.53. The van der Waals surface area contributed by atoms with Crippen molar-refractivity contribution in [2.75, 3.05) is 20.3 Å². The molecule has 0 radical (unpaired) electrons. The van der Waals surface area contributed by atoms with Gasteiger partial charge in [0.1, 0.15) is 11.8 Å². The lowest BCUT2D eigenvalue weighted by atomic mass is 10.2. The molecule has 1 saturated heterocycles. The van der Waals surface area contributed by atoms with Gasteiger partial charge in [0.2, 0.25) is 5.91 Å². The molecule has 0 bridgehead atoms.